The van der Waals surface area contributed by atoms with Crippen molar-refractivity contribution in [2.45, 2.75) is 18.0 Å². The van der Waals surface area contributed by atoms with E-state index >= 15 is 0 Å². The van der Waals surface area contributed by atoms with E-state index in [4.69, 9.17) is 10.6 Å². The molecule has 0 aliphatic carbocycles. The van der Waals surface area contributed by atoms with Crippen LogP contribution >= 0.6 is 23.3 Å². The molecular formula is C18H17N7O5S2. The average molecular weight is 476 g/mol. The van der Waals surface area contributed by atoms with E-state index in [1.165, 1.54) is 31.0 Å². The van der Waals surface area contributed by atoms with Crippen molar-refractivity contribution in [2.24, 2.45) is 5.16 Å². The van der Waals surface area contributed by atoms with Crippen molar-refractivity contribution in [3.8, 4) is 0 Å². The first-order chi connectivity index (χ1) is 15.4. The Balaban J connectivity index is 1.40. The normalized spacial score (nSPS) is 20.2. The van der Waals surface area contributed by atoms with Gasteiger partial charge >= 0.3 is 0 Å². The van der Waals surface area contributed by atoms with E-state index in [2.05, 4.69) is 19.8 Å². The molecule has 12 nitrogen and oxygen atoms in total. The molecule has 0 saturated carbocycles. The quantitative estimate of drug-likeness (QED) is 0.201. The van der Waals surface area contributed by atoms with Gasteiger partial charge in [0.25, 0.3) is 11.8 Å². The Morgan fingerprint density at radius 1 is 1.44 bits per heavy atom. The Kier molecular flexibility index (Phi) is 6.05. The molecule has 1 saturated heterocycles. The SMILES string of the molecule is CON=C(C(=O)NC1C(=O)N2C=C(C[n+]3ccc(C(=O)[O-])cc3)CS[C@H]12)c1nsc(N)n1. The molecule has 2 aromatic heterocycles. The maximum absolute atomic E-state index is 12.7. The van der Waals surface area contributed by atoms with E-state index in [0.29, 0.717) is 12.3 Å². The zero-order valence-electron chi connectivity index (χ0n) is 16.6. The lowest BCUT2D eigenvalue weighted by atomic mass is 10.1. The summed E-state index contributed by atoms with van der Waals surface area (Å²) in [6.07, 6.45) is 5.04. The molecule has 0 radical (unpaired) electrons. The van der Waals surface area contributed by atoms with Crippen molar-refractivity contribution in [1.29, 1.82) is 0 Å². The second-order valence-corrected chi connectivity index (χ2v) is 8.70. The molecule has 0 spiro atoms. The Labute approximate surface area is 189 Å². The summed E-state index contributed by atoms with van der Waals surface area (Å²) < 4.78 is 5.77. The highest BCUT2D eigenvalue weighted by Crippen LogP contribution is 2.36. The van der Waals surface area contributed by atoms with E-state index < -0.39 is 17.9 Å². The van der Waals surface area contributed by atoms with Crippen molar-refractivity contribution < 1.29 is 28.9 Å². The summed E-state index contributed by atoms with van der Waals surface area (Å²) in [5.41, 5.74) is 6.47. The van der Waals surface area contributed by atoms with Gasteiger partial charge in [-0.05, 0) is 0 Å². The van der Waals surface area contributed by atoms with Gasteiger partial charge < -0.3 is 30.7 Å². The van der Waals surface area contributed by atoms with Gasteiger partial charge in [0.15, 0.2) is 24.1 Å². The lowest BCUT2D eigenvalue weighted by Gasteiger charge is -2.47. The van der Waals surface area contributed by atoms with Crippen LogP contribution < -0.4 is 20.7 Å². The second-order valence-electron chi connectivity index (χ2n) is 6.81. The number of carbonyl (C=O) groups excluding carboxylic acids is 3. The number of nitrogen functional groups attached to an aromatic ring is 1. The smallest absolute Gasteiger partial charge is 0.278 e. The van der Waals surface area contributed by atoms with Crippen LogP contribution in [0.2, 0.25) is 0 Å². The maximum atomic E-state index is 12.7. The first kappa shape index (κ1) is 21.7. The summed E-state index contributed by atoms with van der Waals surface area (Å²) in [5.74, 6) is -1.47. The molecule has 0 aromatic carbocycles. The lowest BCUT2D eigenvalue weighted by molar-refractivity contribution is -0.689. The molecule has 4 rings (SSSR count). The topological polar surface area (TPSA) is 167 Å². The van der Waals surface area contributed by atoms with Crippen LogP contribution in [-0.2, 0) is 21.0 Å². The number of β-lactam (4-membered cyclic amide) rings is 1. The van der Waals surface area contributed by atoms with E-state index in [9.17, 15) is 19.5 Å². The fourth-order valence-electron chi connectivity index (χ4n) is 3.20. The van der Waals surface area contributed by atoms with E-state index in [-0.39, 0.29) is 33.5 Å². The number of nitrogens with zero attached hydrogens (tertiary/aromatic N) is 5. The molecule has 4 heterocycles. The highest BCUT2D eigenvalue weighted by molar-refractivity contribution is 8.00. The third-order valence-electron chi connectivity index (χ3n) is 4.69. The number of nitrogens with one attached hydrogen (secondary N) is 1. The van der Waals surface area contributed by atoms with Crippen LogP contribution in [0.4, 0.5) is 5.13 Å². The fraction of sp³-hybridized carbons (Fsp3) is 0.278. The maximum Gasteiger partial charge on any atom is 0.278 e. The molecule has 1 unspecified atom stereocenters. The van der Waals surface area contributed by atoms with Crippen LogP contribution in [0.15, 0.2) is 41.5 Å². The van der Waals surface area contributed by atoms with Gasteiger partial charge in [-0.3, -0.25) is 9.59 Å². The summed E-state index contributed by atoms with van der Waals surface area (Å²) in [5, 5.41) is 17.1. The number of aromatic carboxylic acids is 1. The van der Waals surface area contributed by atoms with Gasteiger partial charge in [-0.25, -0.2) is 4.57 Å². The Morgan fingerprint density at radius 2 is 2.19 bits per heavy atom. The predicted octanol–water partition coefficient (Wildman–Crippen LogP) is -1.89. The number of rotatable bonds is 7. The van der Waals surface area contributed by atoms with Gasteiger partial charge in [-0.1, -0.05) is 5.16 Å². The van der Waals surface area contributed by atoms with Crippen LogP contribution in [-0.4, -0.2) is 62.0 Å². The largest absolute Gasteiger partial charge is 0.545 e. The number of carboxylic acid groups (broad SMARTS) is 1. The van der Waals surface area contributed by atoms with Gasteiger partial charge in [0.2, 0.25) is 11.5 Å². The summed E-state index contributed by atoms with van der Waals surface area (Å²) >= 11 is 2.43. The van der Waals surface area contributed by atoms with Crippen LogP contribution in [0.3, 0.4) is 0 Å². The van der Waals surface area contributed by atoms with Crippen molar-refractivity contribution in [3.63, 3.8) is 0 Å². The molecule has 2 aliphatic heterocycles. The van der Waals surface area contributed by atoms with Gasteiger partial charge in [0.05, 0.1) is 5.97 Å². The molecular weight excluding hydrogens is 458 g/mol. The average Bonchev–Trinajstić information content (AvgIpc) is 3.21. The summed E-state index contributed by atoms with van der Waals surface area (Å²) in [4.78, 5) is 46.4. The molecule has 2 amide bonds. The summed E-state index contributed by atoms with van der Waals surface area (Å²) in [7, 11) is 1.28. The summed E-state index contributed by atoms with van der Waals surface area (Å²) in [6.45, 7) is 0.495. The minimum absolute atomic E-state index is 0.0238. The number of aromatic nitrogens is 3. The van der Waals surface area contributed by atoms with Crippen molar-refractivity contribution in [1.82, 2.24) is 19.6 Å². The number of fused-ring (bicyclic) bond motifs is 1. The molecule has 2 aliphatic rings. The minimum atomic E-state index is -1.24. The summed E-state index contributed by atoms with van der Waals surface area (Å²) in [6, 6.07) is 2.19. The molecule has 2 aromatic rings. The second kappa shape index (κ2) is 8.92. The molecule has 14 heteroatoms. The molecule has 166 valence electrons. The van der Waals surface area contributed by atoms with Gasteiger partial charge in [0, 0.05) is 46.8 Å². The zero-order valence-corrected chi connectivity index (χ0v) is 18.3. The highest BCUT2D eigenvalue weighted by atomic mass is 32.2. The Bertz CT molecular complexity index is 1130. The highest BCUT2D eigenvalue weighted by Gasteiger charge is 2.50. The van der Waals surface area contributed by atoms with Crippen molar-refractivity contribution in [3.05, 3.63) is 47.7 Å². The minimum Gasteiger partial charge on any atom is -0.545 e. The number of pyridine rings is 1. The third kappa shape index (κ3) is 4.27. The monoisotopic (exact) mass is 475 g/mol. The van der Waals surface area contributed by atoms with Crippen molar-refractivity contribution in [2.75, 3.05) is 18.6 Å². The lowest BCUT2D eigenvalue weighted by Crippen LogP contribution is -2.69. The Morgan fingerprint density at radius 3 is 2.81 bits per heavy atom. The first-order valence-corrected chi connectivity index (χ1v) is 11.0. The zero-order chi connectivity index (χ0) is 22.8. The number of oxime groups is 1. The molecule has 2 atom stereocenters. The van der Waals surface area contributed by atoms with Gasteiger partial charge in [-0.2, -0.15) is 9.36 Å². The number of hydrogen-bond acceptors (Lipinski definition) is 11. The van der Waals surface area contributed by atoms with Gasteiger partial charge in [-0.15, -0.1) is 11.8 Å². The first-order valence-electron chi connectivity index (χ1n) is 9.22. The van der Waals surface area contributed by atoms with E-state index in [0.717, 1.165) is 17.1 Å². The molecule has 1 fully saturated rings. The Hall–Kier alpha value is -3.52. The number of amides is 2. The van der Waals surface area contributed by atoms with Crippen LogP contribution in [0.1, 0.15) is 16.2 Å². The molecule has 0 bridgehead atoms. The van der Waals surface area contributed by atoms with E-state index in [1.54, 1.807) is 23.5 Å². The van der Waals surface area contributed by atoms with Crippen LogP contribution in [0.25, 0.3) is 0 Å². The van der Waals surface area contributed by atoms with Crippen LogP contribution in [0.5, 0.6) is 0 Å². The number of carbonyl (C=O) groups is 3. The standard InChI is InChI=1S/C18H17N7O5S2/c1-30-22-11(13-21-18(19)32-23-13)14(26)20-12-15(27)25-7-9(8-31-16(12)25)6-24-4-2-10(3-5-24)17(28)29/h2-5,7,12,16H,6,8H2,1H3,(H3-,19,20,21,23,26,28,29)/t12?,16-/m1/s1. The van der Waals surface area contributed by atoms with Gasteiger partial charge in [0.1, 0.15) is 18.5 Å². The van der Waals surface area contributed by atoms with Crippen molar-refractivity contribution >= 4 is 51.9 Å². The van der Waals surface area contributed by atoms with Crippen LogP contribution in [0, 0.1) is 0 Å². The number of carboxylic acids is 1. The third-order valence-corrected chi connectivity index (χ3v) is 6.61. The molecule has 32 heavy (non-hydrogen) atoms. The predicted molar refractivity (Wildman–Crippen MR) is 112 cm³/mol. The fourth-order valence-corrected chi connectivity index (χ4v) is 4.88. The number of anilines is 1. The number of thioether (sulfide) groups is 1. The number of hydrogen-bond donors (Lipinski definition) is 2. The van der Waals surface area contributed by atoms with E-state index in [1.807, 2.05) is 4.57 Å². The number of nitrogens with two attached hydrogens (primary N) is 1. The molecule has 3 N–H and O–H groups in total.